The number of sulfonamides is 1. The van der Waals surface area contributed by atoms with E-state index in [2.05, 4.69) is 0 Å². The van der Waals surface area contributed by atoms with Gasteiger partial charge in [0.15, 0.2) is 0 Å². The summed E-state index contributed by atoms with van der Waals surface area (Å²) in [5.41, 5.74) is 2.06. The first-order chi connectivity index (χ1) is 12.9. The van der Waals surface area contributed by atoms with Crippen LogP contribution in [0, 0.1) is 0 Å². The van der Waals surface area contributed by atoms with Gasteiger partial charge >= 0.3 is 0 Å². The predicted octanol–water partition coefficient (Wildman–Crippen LogP) is 3.03. The molecule has 0 bridgehead atoms. The third-order valence-corrected chi connectivity index (χ3v) is 6.20. The Balaban J connectivity index is 1.87. The lowest BCUT2D eigenvalue weighted by molar-refractivity contribution is -0.137. The number of hydrogen-bond donors (Lipinski definition) is 0. The molecule has 1 saturated heterocycles. The van der Waals surface area contributed by atoms with Gasteiger partial charge in [0.1, 0.15) is 6.04 Å². The Bertz CT molecular complexity index is 812. The summed E-state index contributed by atoms with van der Waals surface area (Å²) in [6, 6.07) is 19.0. The topological polar surface area (TPSA) is 57.7 Å². The molecule has 0 radical (unpaired) electrons. The first-order valence-electron chi connectivity index (χ1n) is 9.28. The van der Waals surface area contributed by atoms with Crippen molar-refractivity contribution in [2.45, 2.75) is 38.4 Å². The highest BCUT2D eigenvalue weighted by Crippen LogP contribution is 2.23. The zero-order chi connectivity index (χ0) is 19.3. The van der Waals surface area contributed by atoms with Gasteiger partial charge in [-0.2, -0.15) is 4.31 Å². The molecule has 1 amide bonds. The molecule has 0 saturated carbocycles. The van der Waals surface area contributed by atoms with Crippen molar-refractivity contribution in [3.63, 3.8) is 0 Å². The summed E-state index contributed by atoms with van der Waals surface area (Å²) in [5, 5.41) is 0. The van der Waals surface area contributed by atoms with Gasteiger partial charge in [0.25, 0.3) is 0 Å². The van der Waals surface area contributed by atoms with Crippen molar-refractivity contribution in [3.8, 4) is 0 Å². The normalized spacial score (nSPS) is 18.2. The summed E-state index contributed by atoms with van der Waals surface area (Å²) in [7, 11) is -3.41. The molecule has 1 fully saturated rings. The van der Waals surface area contributed by atoms with Crippen molar-refractivity contribution in [2.24, 2.45) is 0 Å². The Labute approximate surface area is 161 Å². The van der Waals surface area contributed by atoms with Crippen molar-refractivity contribution in [1.29, 1.82) is 0 Å². The van der Waals surface area contributed by atoms with Crippen molar-refractivity contribution in [1.82, 2.24) is 9.21 Å². The number of rotatable bonds is 6. The molecule has 27 heavy (non-hydrogen) atoms. The van der Waals surface area contributed by atoms with Crippen LogP contribution >= 0.6 is 0 Å². The summed E-state index contributed by atoms with van der Waals surface area (Å²) in [5.74, 6) is -0.118. The predicted molar refractivity (Wildman–Crippen MR) is 106 cm³/mol. The first kappa shape index (κ1) is 19.6. The molecule has 0 aliphatic carbocycles. The number of carbonyl (C=O) groups is 1. The van der Waals surface area contributed by atoms with Gasteiger partial charge in [-0.25, -0.2) is 8.42 Å². The number of nitrogens with zero attached hydrogens (tertiary/aromatic N) is 2. The van der Waals surface area contributed by atoms with Gasteiger partial charge in [0, 0.05) is 19.6 Å². The second-order valence-electron chi connectivity index (χ2n) is 7.05. The van der Waals surface area contributed by atoms with Gasteiger partial charge in [-0.1, -0.05) is 67.1 Å². The summed E-state index contributed by atoms with van der Waals surface area (Å²) in [6.45, 7) is 1.34. The van der Waals surface area contributed by atoms with Gasteiger partial charge in [0.05, 0.1) is 6.26 Å². The molecule has 6 heteroatoms. The summed E-state index contributed by atoms with van der Waals surface area (Å²) >= 11 is 0. The monoisotopic (exact) mass is 386 g/mol. The van der Waals surface area contributed by atoms with Crippen LogP contribution in [0.3, 0.4) is 0 Å². The van der Waals surface area contributed by atoms with E-state index in [1.807, 2.05) is 60.7 Å². The molecule has 0 aromatic heterocycles. The van der Waals surface area contributed by atoms with Gasteiger partial charge in [-0.05, 0) is 24.0 Å². The minimum absolute atomic E-state index is 0.118. The van der Waals surface area contributed by atoms with Crippen LogP contribution in [-0.2, 0) is 27.9 Å². The number of hydrogen-bond acceptors (Lipinski definition) is 3. The van der Waals surface area contributed by atoms with E-state index < -0.39 is 16.1 Å². The van der Waals surface area contributed by atoms with Crippen LogP contribution in [0.2, 0.25) is 0 Å². The van der Waals surface area contributed by atoms with Crippen LogP contribution in [0.25, 0.3) is 0 Å². The molecule has 0 N–H and O–H groups in total. The Hall–Kier alpha value is -2.18. The molecule has 0 spiro atoms. The Morgan fingerprint density at radius 2 is 1.48 bits per heavy atom. The van der Waals surface area contributed by atoms with Crippen LogP contribution in [0.15, 0.2) is 60.7 Å². The smallest absolute Gasteiger partial charge is 0.241 e. The molecule has 1 aliphatic rings. The maximum absolute atomic E-state index is 13.4. The Kier molecular flexibility index (Phi) is 6.29. The second kappa shape index (κ2) is 8.67. The molecule has 2 aromatic rings. The van der Waals surface area contributed by atoms with Crippen LogP contribution in [-0.4, -0.2) is 42.4 Å². The van der Waals surface area contributed by atoms with Gasteiger partial charge in [-0.3, -0.25) is 4.79 Å². The van der Waals surface area contributed by atoms with Crippen LogP contribution in [0.4, 0.5) is 0 Å². The van der Waals surface area contributed by atoms with E-state index in [0.717, 1.165) is 24.0 Å². The number of benzene rings is 2. The maximum Gasteiger partial charge on any atom is 0.241 e. The summed E-state index contributed by atoms with van der Waals surface area (Å²) in [4.78, 5) is 15.2. The summed E-state index contributed by atoms with van der Waals surface area (Å²) < 4.78 is 25.8. The van der Waals surface area contributed by atoms with Crippen molar-refractivity contribution in [3.05, 3.63) is 71.8 Å². The lowest BCUT2D eigenvalue weighted by Gasteiger charge is -2.36. The summed E-state index contributed by atoms with van der Waals surface area (Å²) in [6.07, 6.45) is 3.43. The van der Waals surface area contributed by atoms with E-state index in [1.54, 1.807) is 4.90 Å². The number of amides is 1. The lowest BCUT2D eigenvalue weighted by atomic mass is 10.0. The largest absolute Gasteiger partial charge is 0.333 e. The first-order valence-corrected chi connectivity index (χ1v) is 11.1. The van der Waals surface area contributed by atoms with Crippen LogP contribution < -0.4 is 0 Å². The number of piperidine rings is 1. The molecule has 0 unspecified atom stereocenters. The van der Waals surface area contributed by atoms with Gasteiger partial charge in [0.2, 0.25) is 15.9 Å². The van der Waals surface area contributed by atoms with E-state index in [-0.39, 0.29) is 5.91 Å². The van der Waals surface area contributed by atoms with Crippen molar-refractivity contribution < 1.29 is 13.2 Å². The fourth-order valence-corrected chi connectivity index (χ4v) is 4.70. The van der Waals surface area contributed by atoms with Gasteiger partial charge < -0.3 is 4.90 Å². The molecule has 5 nitrogen and oxygen atoms in total. The van der Waals surface area contributed by atoms with Crippen molar-refractivity contribution in [2.75, 3.05) is 12.8 Å². The second-order valence-corrected chi connectivity index (χ2v) is 8.99. The third kappa shape index (κ3) is 5.17. The molecule has 1 heterocycles. The van der Waals surface area contributed by atoms with E-state index >= 15 is 0 Å². The molecular weight excluding hydrogens is 360 g/mol. The average Bonchev–Trinajstić information content (AvgIpc) is 2.68. The molecule has 3 rings (SSSR count). The highest BCUT2D eigenvalue weighted by Gasteiger charge is 2.36. The van der Waals surface area contributed by atoms with Crippen LogP contribution in [0.1, 0.15) is 30.4 Å². The highest BCUT2D eigenvalue weighted by molar-refractivity contribution is 7.88. The SMILES string of the molecule is CS(=O)(=O)N1CCCC[C@@H]1C(=O)N(Cc1ccccc1)Cc1ccccc1. The minimum Gasteiger partial charge on any atom is -0.333 e. The zero-order valence-electron chi connectivity index (χ0n) is 15.6. The van der Waals surface area contributed by atoms with E-state index in [4.69, 9.17) is 0 Å². The third-order valence-electron chi connectivity index (χ3n) is 4.91. The van der Waals surface area contributed by atoms with E-state index in [1.165, 1.54) is 10.6 Å². The quantitative estimate of drug-likeness (QED) is 0.767. The molecule has 1 atom stereocenters. The van der Waals surface area contributed by atoms with Gasteiger partial charge in [-0.15, -0.1) is 0 Å². The average molecular weight is 387 g/mol. The minimum atomic E-state index is -3.41. The highest BCUT2D eigenvalue weighted by atomic mass is 32.2. The fraction of sp³-hybridized carbons (Fsp3) is 0.381. The standard InChI is InChI=1S/C21H26N2O3S/c1-27(25,26)23-15-9-8-14-20(23)21(24)22(16-18-10-4-2-5-11-18)17-19-12-6-3-7-13-19/h2-7,10-13,20H,8-9,14-17H2,1H3/t20-/m1/s1. The maximum atomic E-state index is 13.4. The number of carbonyl (C=O) groups excluding carboxylic acids is 1. The molecular formula is C21H26N2O3S. The fourth-order valence-electron chi connectivity index (χ4n) is 3.58. The molecule has 2 aromatic carbocycles. The van der Waals surface area contributed by atoms with Crippen molar-refractivity contribution >= 4 is 15.9 Å². The van der Waals surface area contributed by atoms with Crippen LogP contribution in [0.5, 0.6) is 0 Å². The lowest BCUT2D eigenvalue weighted by Crippen LogP contribution is -2.52. The molecule has 144 valence electrons. The Morgan fingerprint density at radius 3 is 1.96 bits per heavy atom. The van der Waals surface area contributed by atoms with E-state index in [0.29, 0.717) is 26.1 Å². The van der Waals surface area contributed by atoms with E-state index in [9.17, 15) is 13.2 Å². The Morgan fingerprint density at radius 1 is 0.963 bits per heavy atom. The molecule has 1 aliphatic heterocycles. The zero-order valence-corrected chi connectivity index (χ0v) is 16.4.